The van der Waals surface area contributed by atoms with Crippen molar-refractivity contribution in [3.63, 3.8) is 0 Å². The number of anilines is 1. The molecular formula is C13H15BrN2O2. The van der Waals surface area contributed by atoms with Gasteiger partial charge in [0, 0.05) is 23.6 Å². The largest absolute Gasteiger partial charge is 0.334 e. The molecule has 1 saturated heterocycles. The summed E-state index contributed by atoms with van der Waals surface area (Å²) in [6.07, 6.45) is 1.04. The Bertz CT molecular complexity index is 502. The molecule has 0 aromatic heterocycles. The van der Waals surface area contributed by atoms with Gasteiger partial charge >= 0.3 is 0 Å². The molecule has 0 bridgehead atoms. The van der Waals surface area contributed by atoms with Gasteiger partial charge in [-0.3, -0.25) is 9.59 Å². The molecule has 0 spiro atoms. The van der Waals surface area contributed by atoms with Gasteiger partial charge in [-0.2, -0.15) is 0 Å². The first kappa shape index (κ1) is 13.1. The van der Waals surface area contributed by atoms with Crippen LogP contribution in [0.25, 0.3) is 0 Å². The van der Waals surface area contributed by atoms with Crippen LogP contribution >= 0.6 is 15.9 Å². The van der Waals surface area contributed by atoms with Crippen LogP contribution in [-0.2, 0) is 9.59 Å². The molecule has 1 N–H and O–H groups in total. The van der Waals surface area contributed by atoms with Crippen molar-refractivity contribution < 1.29 is 9.59 Å². The van der Waals surface area contributed by atoms with E-state index in [9.17, 15) is 9.59 Å². The smallest absolute Gasteiger partial charge is 0.247 e. The SMILES string of the molecule is Cc1ccc(NC(=O)C2CCC(=O)N2C)cc1Br. The van der Waals surface area contributed by atoms with E-state index < -0.39 is 0 Å². The number of nitrogens with one attached hydrogen (secondary N) is 1. The summed E-state index contributed by atoms with van der Waals surface area (Å²) in [6.45, 7) is 1.99. The Labute approximate surface area is 114 Å². The van der Waals surface area contributed by atoms with Gasteiger partial charge in [-0.15, -0.1) is 0 Å². The number of carbonyl (C=O) groups excluding carboxylic acids is 2. The quantitative estimate of drug-likeness (QED) is 0.911. The number of amides is 2. The molecule has 5 heteroatoms. The number of likely N-dealkylation sites (N-methyl/N-ethyl adjacent to an activating group) is 1. The van der Waals surface area contributed by atoms with Crippen LogP contribution in [0.1, 0.15) is 18.4 Å². The topological polar surface area (TPSA) is 49.4 Å². The average molecular weight is 311 g/mol. The Morgan fingerprint density at radius 1 is 1.50 bits per heavy atom. The van der Waals surface area contributed by atoms with Gasteiger partial charge < -0.3 is 10.2 Å². The van der Waals surface area contributed by atoms with Gasteiger partial charge in [0.2, 0.25) is 11.8 Å². The van der Waals surface area contributed by atoms with Crippen LogP contribution in [0.4, 0.5) is 5.69 Å². The van der Waals surface area contributed by atoms with Crippen molar-refractivity contribution in [2.45, 2.75) is 25.8 Å². The molecule has 1 aromatic rings. The highest BCUT2D eigenvalue weighted by Crippen LogP contribution is 2.22. The fourth-order valence-electron chi connectivity index (χ4n) is 2.01. The molecule has 1 aromatic carbocycles. The van der Waals surface area contributed by atoms with Gasteiger partial charge in [0.25, 0.3) is 0 Å². The Morgan fingerprint density at radius 2 is 2.22 bits per heavy atom. The van der Waals surface area contributed by atoms with E-state index in [2.05, 4.69) is 21.2 Å². The van der Waals surface area contributed by atoms with E-state index in [1.54, 1.807) is 7.05 Å². The molecule has 0 saturated carbocycles. The minimum atomic E-state index is -0.349. The molecule has 2 rings (SSSR count). The Kier molecular flexibility index (Phi) is 3.71. The summed E-state index contributed by atoms with van der Waals surface area (Å²) >= 11 is 3.43. The molecule has 1 atom stereocenters. The predicted molar refractivity (Wildman–Crippen MR) is 73.3 cm³/mol. The first-order valence-electron chi connectivity index (χ1n) is 5.81. The third-order valence-electron chi connectivity index (χ3n) is 3.23. The fraction of sp³-hybridized carbons (Fsp3) is 0.385. The summed E-state index contributed by atoms with van der Waals surface area (Å²) in [6, 6.07) is 5.31. The van der Waals surface area contributed by atoms with E-state index in [0.29, 0.717) is 12.8 Å². The van der Waals surface area contributed by atoms with Crippen LogP contribution < -0.4 is 5.32 Å². The molecule has 2 amide bonds. The zero-order valence-electron chi connectivity index (χ0n) is 10.4. The fourth-order valence-corrected chi connectivity index (χ4v) is 2.39. The van der Waals surface area contributed by atoms with Crippen molar-refractivity contribution >= 4 is 33.4 Å². The number of carbonyl (C=O) groups is 2. The summed E-state index contributed by atoms with van der Waals surface area (Å²) in [5.74, 6) is -0.0978. The molecule has 0 radical (unpaired) electrons. The number of aryl methyl sites for hydroxylation is 1. The van der Waals surface area contributed by atoms with Crippen LogP contribution in [0.5, 0.6) is 0 Å². The number of hydrogen-bond donors (Lipinski definition) is 1. The summed E-state index contributed by atoms with van der Waals surface area (Å²) in [5.41, 5.74) is 1.85. The van der Waals surface area contributed by atoms with E-state index in [1.807, 2.05) is 25.1 Å². The molecule has 1 fully saturated rings. The molecule has 1 unspecified atom stereocenters. The van der Waals surface area contributed by atoms with Gasteiger partial charge in [-0.1, -0.05) is 22.0 Å². The molecule has 1 heterocycles. The maximum atomic E-state index is 12.0. The second-order valence-electron chi connectivity index (χ2n) is 4.51. The average Bonchev–Trinajstić information content (AvgIpc) is 2.65. The van der Waals surface area contributed by atoms with E-state index in [4.69, 9.17) is 0 Å². The van der Waals surface area contributed by atoms with Crippen molar-refractivity contribution in [3.8, 4) is 0 Å². The van der Waals surface area contributed by atoms with Gasteiger partial charge in [-0.25, -0.2) is 0 Å². The predicted octanol–water partition coefficient (Wildman–Crippen LogP) is 2.32. The zero-order chi connectivity index (χ0) is 13.3. The lowest BCUT2D eigenvalue weighted by molar-refractivity contribution is -0.131. The van der Waals surface area contributed by atoms with Crippen LogP contribution in [0.3, 0.4) is 0 Å². The van der Waals surface area contributed by atoms with Gasteiger partial charge in [0.15, 0.2) is 0 Å². The van der Waals surface area contributed by atoms with Crippen LogP contribution in [0.2, 0.25) is 0 Å². The minimum Gasteiger partial charge on any atom is -0.334 e. The number of nitrogens with zero attached hydrogens (tertiary/aromatic N) is 1. The molecule has 1 aliphatic rings. The van der Waals surface area contributed by atoms with Crippen LogP contribution in [0, 0.1) is 6.92 Å². The highest BCUT2D eigenvalue weighted by molar-refractivity contribution is 9.10. The number of likely N-dealkylation sites (tertiary alicyclic amines) is 1. The summed E-state index contributed by atoms with van der Waals surface area (Å²) < 4.78 is 0.955. The Hall–Kier alpha value is -1.36. The molecule has 96 valence electrons. The highest BCUT2D eigenvalue weighted by atomic mass is 79.9. The van der Waals surface area contributed by atoms with Gasteiger partial charge in [-0.05, 0) is 31.0 Å². The second-order valence-corrected chi connectivity index (χ2v) is 5.37. The molecule has 18 heavy (non-hydrogen) atoms. The normalized spacial score (nSPS) is 19.2. The van der Waals surface area contributed by atoms with Crippen molar-refractivity contribution in [2.24, 2.45) is 0 Å². The first-order chi connectivity index (χ1) is 8.49. The van der Waals surface area contributed by atoms with Crippen LogP contribution in [-0.4, -0.2) is 29.8 Å². The lowest BCUT2D eigenvalue weighted by Crippen LogP contribution is -2.38. The first-order valence-corrected chi connectivity index (χ1v) is 6.61. The standard InChI is InChI=1S/C13H15BrN2O2/c1-8-3-4-9(7-10(8)14)15-13(18)11-5-6-12(17)16(11)2/h3-4,7,11H,5-6H2,1-2H3,(H,15,18). The third kappa shape index (κ3) is 2.56. The molecule has 1 aliphatic heterocycles. The molecule has 4 nitrogen and oxygen atoms in total. The molecule has 0 aliphatic carbocycles. The van der Waals surface area contributed by atoms with Crippen LogP contribution in [0.15, 0.2) is 22.7 Å². The second kappa shape index (κ2) is 5.10. The number of halogens is 1. The Balaban J connectivity index is 2.07. The Morgan fingerprint density at radius 3 is 2.78 bits per heavy atom. The lowest BCUT2D eigenvalue weighted by Gasteiger charge is -2.19. The highest BCUT2D eigenvalue weighted by Gasteiger charge is 2.33. The van der Waals surface area contributed by atoms with E-state index in [-0.39, 0.29) is 17.9 Å². The zero-order valence-corrected chi connectivity index (χ0v) is 12.0. The van der Waals surface area contributed by atoms with Crippen molar-refractivity contribution in [3.05, 3.63) is 28.2 Å². The lowest BCUT2D eigenvalue weighted by atomic mass is 10.2. The third-order valence-corrected chi connectivity index (χ3v) is 4.09. The van der Waals surface area contributed by atoms with Crippen molar-refractivity contribution in [1.29, 1.82) is 0 Å². The van der Waals surface area contributed by atoms with E-state index >= 15 is 0 Å². The summed E-state index contributed by atoms with van der Waals surface area (Å²) in [5, 5.41) is 2.84. The van der Waals surface area contributed by atoms with Gasteiger partial charge in [0.1, 0.15) is 6.04 Å². The van der Waals surface area contributed by atoms with Gasteiger partial charge in [0.05, 0.1) is 0 Å². The summed E-state index contributed by atoms with van der Waals surface area (Å²) in [4.78, 5) is 24.9. The van der Waals surface area contributed by atoms with Crippen molar-refractivity contribution in [1.82, 2.24) is 4.90 Å². The number of hydrogen-bond acceptors (Lipinski definition) is 2. The van der Waals surface area contributed by atoms with E-state index in [0.717, 1.165) is 15.7 Å². The minimum absolute atomic E-state index is 0.0280. The number of benzene rings is 1. The van der Waals surface area contributed by atoms with E-state index in [1.165, 1.54) is 4.90 Å². The summed E-state index contributed by atoms with van der Waals surface area (Å²) in [7, 11) is 1.67. The monoisotopic (exact) mass is 310 g/mol. The number of rotatable bonds is 2. The maximum absolute atomic E-state index is 12.0. The maximum Gasteiger partial charge on any atom is 0.247 e. The molecular weight excluding hydrogens is 296 g/mol. The van der Waals surface area contributed by atoms with Crippen molar-refractivity contribution in [2.75, 3.05) is 12.4 Å².